The molecule has 2 rings (SSSR count). The van der Waals surface area contributed by atoms with Crippen LogP contribution in [-0.2, 0) is 9.59 Å². The molecule has 104 valence electrons. The van der Waals surface area contributed by atoms with E-state index in [1.54, 1.807) is 54.3 Å². The molecule has 0 spiro atoms. The van der Waals surface area contributed by atoms with Crippen LogP contribution in [0.3, 0.4) is 0 Å². The van der Waals surface area contributed by atoms with Crippen LogP contribution in [0.15, 0.2) is 42.7 Å². The van der Waals surface area contributed by atoms with Gasteiger partial charge in [-0.2, -0.15) is 5.10 Å². The summed E-state index contributed by atoms with van der Waals surface area (Å²) in [5.41, 5.74) is 1.36. The minimum atomic E-state index is -0.389. The van der Waals surface area contributed by atoms with Gasteiger partial charge in [-0.05, 0) is 37.3 Å². The standard InChI is InChI=1S/C14H16N4O2/c1-10(18-9-3-8-15-18)14(20)17-13-6-4-12(5-7-13)16-11(2)19/h3-10H,1-2H3,(H,16,19)(H,17,20). The van der Waals surface area contributed by atoms with Gasteiger partial charge >= 0.3 is 0 Å². The van der Waals surface area contributed by atoms with Crippen molar-refractivity contribution in [1.82, 2.24) is 9.78 Å². The molecule has 2 amide bonds. The second kappa shape index (κ2) is 6.01. The van der Waals surface area contributed by atoms with Crippen LogP contribution >= 0.6 is 0 Å². The maximum Gasteiger partial charge on any atom is 0.248 e. The number of carbonyl (C=O) groups is 2. The van der Waals surface area contributed by atoms with E-state index in [1.807, 2.05) is 0 Å². The van der Waals surface area contributed by atoms with Crippen LogP contribution in [0.2, 0.25) is 0 Å². The summed E-state index contributed by atoms with van der Waals surface area (Å²) in [6, 6.07) is 8.31. The van der Waals surface area contributed by atoms with Crippen LogP contribution in [0.25, 0.3) is 0 Å². The van der Waals surface area contributed by atoms with E-state index in [-0.39, 0.29) is 17.9 Å². The van der Waals surface area contributed by atoms with Crippen molar-refractivity contribution in [2.24, 2.45) is 0 Å². The molecule has 1 heterocycles. The fraction of sp³-hybridized carbons (Fsp3) is 0.214. The van der Waals surface area contributed by atoms with Gasteiger partial charge in [0.25, 0.3) is 0 Å². The maximum atomic E-state index is 12.0. The lowest BCUT2D eigenvalue weighted by Gasteiger charge is -2.13. The first-order valence-electron chi connectivity index (χ1n) is 6.24. The van der Waals surface area contributed by atoms with E-state index in [0.29, 0.717) is 11.4 Å². The van der Waals surface area contributed by atoms with Crippen molar-refractivity contribution in [1.29, 1.82) is 0 Å². The van der Waals surface area contributed by atoms with Gasteiger partial charge in [0, 0.05) is 30.7 Å². The summed E-state index contributed by atoms with van der Waals surface area (Å²) in [6.45, 7) is 3.22. The normalized spacial score (nSPS) is 11.7. The molecule has 1 atom stereocenters. The minimum Gasteiger partial charge on any atom is -0.326 e. The smallest absolute Gasteiger partial charge is 0.248 e. The fourth-order valence-corrected chi connectivity index (χ4v) is 1.72. The number of hydrogen-bond donors (Lipinski definition) is 2. The van der Waals surface area contributed by atoms with Gasteiger partial charge in [-0.15, -0.1) is 0 Å². The van der Waals surface area contributed by atoms with Crippen molar-refractivity contribution in [3.05, 3.63) is 42.7 Å². The van der Waals surface area contributed by atoms with Gasteiger partial charge in [0.05, 0.1) is 0 Å². The van der Waals surface area contributed by atoms with E-state index < -0.39 is 0 Å². The van der Waals surface area contributed by atoms with Crippen molar-refractivity contribution >= 4 is 23.2 Å². The molecule has 2 aromatic rings. The van der Waals surface area contributed by atoms with E-state index in [2.05, 4.69) is 15.7 Å². The molecule has 1 aromatic heterocycles. The number of rotatable bonds is 4. The number of nitrogens with one attached hydrogen (secondary N) is 2. The van der Waals surface area contributed by atoms with Gasteiger partial charge in [0.1, 0.15) is 6.04 Å². The third-order valence-electron chi connectivity index (χ3n) is 2.77. The maximum absolute atomic E-state index is 12.0. The number of hydrogen-bond acceptors (Lipinski definition) is 3. The summed E-state index contributed by atoms with van der Waals surface area (Å²) in [6.07, 6.45) is 3.37. The van der Waals surface area contributed by atoms with E-state index in [1.165, 1.54) is 6.92 Å². The van der Waals surface area contributed by atoms with Crippen molar-refractivity contribution in [3.8, 4) is 0 Å². The molecule has 1 aromatic carbocycles. The monoisotopic (exact) mass is 272 g/mol. The molecule has 2 N–H and O–H groups in total. The summed E-state index contributed by atoms with van der Waals surface area (Å²) in [5.74, 6) is -0.282. The molecular weight excluding hydrogens is 256 g/mol. The number of carbonyl (C=O) groups excluding carboxylic acids is 2. The average Bonchev–Trinajstić information content (AvgIpc) is 2.93. The molecule has 1 unspecified atom stereocenters. The minimum absolute atomic E-state index is 0.130. The molecular formula is C14H16N4O2. The molecule has 0 aliphatic rings. The van der Waals surface area contributed by atoms with Crippen LogP contribution in [0, 0.1) is 0 Å². The van der Waals surface area contributed by atoms with Crippen LogP contribution in [0.1, 0.15) is 19.9 Å². The summed E-state index contributed by atoms with van der Waals surface area (Å²) in [4.78, 5) is 22.9. The van der Waals surface area contributed by atoms with Gasteiger partial charge in [0.15, 0.2) is 0 Å². The second-order valence-electron chi connectivity index (χ2n) is 4.41. The Morgan fingerprint density at radius 3 is 2.25 bits per heavy atom. The third-order valence-corrected chi connectivity index (χ3v) is 2.77. The highest BCUT2D eigenvalue weighted by molar-refractivity contribution is 5.94. The number of benzene rings is 1. The van der Waals surface area contributed by atoms with E-state index in [0.717, 1.165) is 0 Å². The number of anilines is 2. The first-order chi connectivity index (χ1) is 9.56. The first kappa shape index (κ1) is 13.8. The highest BCUT2D eigenvalue weighted by atomic mass is 16.2. The average molecular weight is 272 g/mol. The van der Waals surface area contributed by atoms with Crippen LogP contribution in [-0.4, -0.2) is 21.6 Å². The van der Waals surface area contributed by atoms with E-state index in [4.69, 9.17) is 0 Å². The summed E-state index contributed by atoms with van der Waals surface area (Å²) < 4.78 is 1.58. The lowest BCUT2D eigenvalue weighted by molar-refractivity contribution is -0.119. The largest absolute Gasteiger partial charge is 0.326 e. The van der Waals surface area contributed by atoms with Gasteiger partial charge in [-0.3, -0.25) is 14.3 Å². The Morgan fingerprint density at radius 1 is 1.15 bits per heavy atom. The topological polar surface area (TPSA) is 76.0 Å². The Hall–Kier alpha value is -2.63. The van der Waals surface area contributed by atoms with Crippen molar-refractivity contribution in [2.75, 3.05) is 10.6 Å². The number of amides is 2. The third kappa shape index (κ3) is 3.44. The first-order valence-corrected chi connectivity index (χ1v) is 6.24. The molecule has 6 heteroatoms. The molecule has 0 aliphatic heterocycles. The zero-order chi connectivity index (χ0) is 14.5. The van der Waals surface area contributed by atoms with E-state index in [9.17, 15) is 9.59 Å². The Morgan fingerprint density at radius 2 is 1.75 bits per heavy atom. The zero-order valence-electron chi connectivity index (χ0n) is 11.3. The van der Waals surface area contributed by atoms with Gasteiger partial charge in [-0.25, -0.2) is 0 Å². The Bertz CT molecular complexity index is 590. The van der Waals surface area contributed by atoms with Gasteiger partial charge in [0.2, 0.25) is 11.8 Å². The Kier molecular flexibility index (Phi) is 4.14. The molecule has 0 saturated carbocycles. The molecule has 0 aliphatic carbocycles. The van der Waals surface area contributed by atoms with Crippen molar-refractivity contribution in [2.45, 2.75) is 19.9 Å². The highest BCUT2D eigenvalue weighted by Gasteiger charge is 2.14. The molecule has 0 radical (unpaired) electrons. The summed E-state index contributed by atoms with van der Waals surface area (Å²) in [7, 11) is 0. The Labute approximate surface area is 116 Å². The molecule has 0 fully saturated rings. The molecule has 6 nitrogen and oxygen atoms in total. The SMILES string of the molecule is CC(=O)Nc1ccc(NC(=O)C(C)n2cccn2)cc1. The molecule has 20 heavy (non-hydrogen) atoms. The van der Waals surface area contributed by atoms with Crippen LogP contribution < -0.4 is 10.6 Å². The molecule has 0 saturated heterocycles. The lowest BCUT2D eigenvalue weighted by Crippen LogP contribution is -2.23. The zero-order valence-corrected chi connectivity index (χ0v) is 11.3. The van der Waals surface area contributed by atoms with Gasteiger partial charge in [-0.1, -0.05) is 0 Å². The van der Waals surface area contributed by atoms with Crippen molar-refractivity contribution < 1.29 is 9.59 Å². The quantitative estimate of drug-likeness (QED) is 0.894. The summed E-state index contributed by atoms with van der Waals surface area (Å²) >= 11 is 0. The van der Waals surface area contributed by atoms with Crippen molar-refractivity contribution in [3.63, 3.8) is 0 Å². The predicted molar refractivity (Wildman–Crippen MR) is 76.3 cm³/mol. The predicted octanol–water partition coefficient (Wildman–Crippen LogP) is 2.04. The lowest BCUT2D eigenvalue weighted by atomic mass is 10.2. The number of nitrogens with zero attached hydrogens (tertiary/aromatic N) is 2. The van der Waals surface area contributed by atoms with Crippen LogP contribution in [0.4, 0.5) is 11.4 Å². The second-order valence-corrected chi connectivity index (χ2v) is 4.41. The Balaban J connectivity index is 1.99. The highest BCUT2D eigenvalue weighted by Crippen LogP contribution is 2.15. The number of aromatic nitrogens is 2. The molecule has 0 bridgehead atoms. The van der Waals surface area contributed by atoms with E-state index >= 15 is 0 Å². The van der Waals surface area contributed by atoms with Crippen LogP contribution in [0.5, 0.6) is 0 Å². The van der Waals surface area contributed by atoms with Gasteiger partial charge < -0.3 is 10.6 Å². The summed E-state index contributed by atoms with van der Waals surface area (Å²) in [5, 5.41) is 9.50. The fourth-order valence-electron chi connectivity index (χ4n) is 1.72.